The van der Waals surface area contributed by atoms with Gasteiger partial charge in [0.25, 0.3) is 0 Å². The number of hydrogen-bond acceptors (Lipinski definition) is 8. The van der Waals surface area contributed by atoms with Crippen LogP contribution in [-0.4, -0.2) is 37.6 Å². The second-order valence-corrected chi connectivity index (χ2v) is 9.19. The van der Waals surface area contributed by atoms with E-state index >= 15 is 0 Å². The smallest absolute Gasteiger partial charge is 0.371 e. The van der Waals surface area contributed by atoms with Crippen molar-refractivity contribution in [2.45, 2.75) is 13.8 Å². The molecule has 0 N–H and O–H groups in total. The molecule has 0 unspecified atom stereocenters. The molecule has 0 heterocycles. The van der Waals surface area contributed by atoms with E-state index in [1.165, 1.54) is 38.5 Å². The van der Waals surface area contributed by atoms with Crippen molar-refractivity contribution in [2.75, 3.05) is 14.2 Å². The van der Waals surface area contributed by atoms with Crippen molar-refractivity contribution in [3.63, 3.8) is 0 Å². The first-order valence-corrected chi connectivity index (χ1v) is 12.3. The summed E-state index contributed by atoms with van der Waals surface area (Å²) in [6, 6.07) is 12.8. The van der Waals surface area contributed by atoms with E-state index in [4.69, 9.17) is 65.6 Å². The van der Waals surface area contributed by atoms with Crippen molar-refractivity contribution in [1.82, 2.24) is 0 Å². The molecule has 38 heavy (non-hydrogen) atoms. The fraction of sp³-hybridized carbons (Fsp3) is 0.154. The first-order chi connectivity index (χ1) is 18.1. The molecule has 0 amide bonds. The summed E-state index contributed by atoms with van der Waals surface area (Å²) in [7, 11) is 2.72. The zero-order valence-electron chi connectivity index (χ0n) is 20.5. The predicted octanol–water partition coefficient (Wildman–Crippen LogP) is 7.48. The van der Waals surface area contributed by atoms with Gasteiger partial charge in [-0.05, 0) is 49.2 Å². The van der Waals surface area contributed by atoms with Gasteiger partial charge in [0.15, 0.2) is 11.5 Å². The number of nitrogens with zero attached hydrogens (tertiary/aromatic N) is 2. The van der Waals surface area contributed by atoms with Gasteiger partial charge in [-0.15, -0.1) is 0 Å². The number of halogens is 4. The lowest BCUT2D eigenvalue weighted by Gasteiger charge is -2.10. The van der Waals surface area contributed by atoms with Crippen LogP contribution in [0.5, 0.6) is 11.5 Å². The summed E-state index contributed by atoms with van der Waals surface area (Å²) in [6.07, 6.45) is 0. The molecular weight excluding hydrogens is 578 g/mol. The lowest BCUT2D eigenvalue weighted by atomic mass is 10.1. The van der Waals surface area contributed by atoms with E-state index in [1.807, 2.05) is 0 Å². The predicted molar refractivity (Wildman–Crippen MR) is 148 cm³/mol. The maximum Gasteiger partial charge on any atom is 0.371 e. The number of oxime groups is 2. The highest BCUT2D eigenvalue weighted by Crippen LogP contribution is 2.35. The van der Waals surface area contributed by atoms with Gasteiger partial charge in [-0.25, -0.2) is 9.59 Å². The van der Waals surface area contributed by atoms with E-state index in [2.05, 4.69) is 10.3 Å². The quantitative estimate of drug-likeness (QED) is 0.152. The topological polar surface area (TPSA) is 95.8 Å². The Morgan fingerprint density at radius 2 is 0.895 bits per heavy atom. The molecule has 3 aromatic carbocycles. The van der Waals surface area contributed by atoms with E-state index in [9.17, 15) is 9.59 Å². The molecule has 0 saturated heterocycles. The van der Waals surface area contributed by atoms with E-state index in [1.54, 1.807) is 38.1 Å². The molecule has 0 bridgehead atoms. The summed E-state index contributed by atoms with van der Waals surface area (Å²) in [5.74, 6) is -1.47. The fourth-order valence-corrected chi connectivity index (χ4v) is 4.14. The average molecular weight is 598 g/mol. The average Bonchev–Trinajstić information content (AvgIpc) is 2.92. The standard InChI is InChI=1S/C26H20Cl4N2O6/c1-13(31-37-25(33)21-17(27)9-11-19(29)23(21)35-3)15-5-7-16(8-6-15)14(2)32-38-26(34)22-18(28)10-12-20(30)24(22)36-4/h5-12H,1-4H3/b31-13+,32-14+. The van der Waals surface area contributed by atoms with Gasteiger partial charge in [0.2, 0.25) is 0 Å². The highest BCUT2D eigenvalue weighted by atomic mass is 35.5. The van der Waals surface area contributed by atoms with Gasteiger partial charge in [0.05, 0.1) is 45.7 Å². The molecule has 0 spiro atoms. The van der Waals surface area contributed by atoms with Gasteiger partial charge in [0, 0.05) is 0 Å². The molecule has 0 aliphatic heterocycles. The summed E-state index contributed by atoms with van der Waals surface area (Å²) < 4.78 is 10.3. The Kier molecular flexibility index (Phi) is 9.99. The minimum absolute atomic E-state index is 0.0355. The normalized spacial score (nSPS) is 11.7. The molecule has 0 atom stereocenters. The second-order valence-electron chi connectivity index (χ2n) is 7.56. The van der Waals surface area contributed by atoms with Gasteiger partial charge in [0.1, 0.15) is 11.1 Å². The van der Waals surface area contributed by atoms with Crippen LogP contribution in [0, 0.1) is 0 Å². The summed E-state index contributed by atoms with van der Waals surface area (Å²) in [6.45, 7) is 3.31. The van der Waals surface area contributed by atoms with E-state index < -0.39 is 11.9 Å². The molecule has 0 aliphatic carbocycles. The van der Waals surface area contributed by atoms with Crippen LogP contribution in [0.1, 0.15) is 45.7 Å². The van der Waals surface area contributed by atoms with Crippen molar-refractivity contribution < 1.29 is 28.7 Å². The Morgan fingerprint density at radius 3 is 1.21 bits per heavy atom. The molecule has 0 aromatic heterocycles. The number of carbonyl (C=O) groups is 2. The molecule has 3 aromatic rings. The molecule has 0 radical (unpaired) electrons. The third-order valence-corrected chi connectivity index (χ3v) is 6.41. The lowest BCUT2D eigenvalue weighted by Crippen LogP contribution is -2.08. The first-order valence-electron chi connectivity index (χ1n) is 10.8. The molecule has 3 rings (SSSR count). The van der Waals surface area contributed by atoms with Crippen molar-refractivity contribution in [3.8, 4) is 11.5 Å². The number of rotatable bonds is 8. The Morgan fingerprint density at radius 1 is 0.579 bits per heavy atom. The van der Waals surface area contributed by atoms with Gasteiger partial charge in [-0.3, -0.25) is 0 Å². The van der Waals surface area contributed by atoms with Crippen LogP contribution < -0.4 is 9.47 Å². The first kappa shape index (κ1) is 29.3. The second kappa shape index (κ2) is 13.0. The molecule has 0 aliphatic rings. The van der Waals surface area contributed by atoms with Crippen LogP contribution >= 0.6 is 46.4 Å². The van der Waals surface area contributed by atoms with E-state index in [-0.39, 0.29) is 42.7 Å². The minimum atomic E-state index is -0.827. The maximum atomic E-state index is 12.6. The van der Waals surface area contributed by atoms with Gasteiger partial charge >= 0.3 is 11.9 Å². The SMILES string of the molecule is COc1c(Cl)ccc(Cl)c1C(=O)O/N=C(\C)c1ccc(/C(C)=N/OC(=O)c2c(Cl)ccc(Cl)c2OC)cc1. The van der Waals surface area contributed by atoms with Crippen molar-refractivity contribution in [1.29, 1.82) is 0 Å². The molecular formula is C26H20Cl4N2O6. The highest BCUT2D eigenvalue weighted by Gasteiger charge is 2.22. The molecule has 8 nitrogen and oxygen atoms in total. The molecule has 198 valence electrons. The number of ether oxygens (including phenoxy) is 2. The van der Waals surface area contributed by atoms with Crippen LogP contribution in [0.15, 0.2) is 58.8 Å². The van der Waals surface area contributed by atoms with E-state index in [0.29, 0.717) is 22.6 Å². The zero-order valence-corrected chi connectivity index (χ0v) is 23.5. The third kappa shape index (κ3) is 6.57. The Bertz CT molecular complexity index is 1330. The summed E-state index contributed by atoms with van der Waals surface area (Å²) >= 11 is 24.4. The van der Waals surface area contributed by atoms with Gasteiger partial charge in [-0.1, -0.05) is 81.0 Å². The highest BCUT2D eigenvalue weighted by molar-refractivity contribution is 6.37. The number of hydrogen-bond donors (Lipinski definition) is 0. The summed E-state index contributed by atoms with van der Waals surface area (Å²) in [4.78, 5) is 35.2. The lowest BCUT2D eigenvalue weighted by molar-refractivity contribution is 0.0504. The Hall–Kier alpha value is -3.30. The van der Waals surface area contributed by atoms with Gasteiger partial charge in [-0.2, -0.15) is 0 Å². The van der Waals surface area contributed by atoms with Crippen molar-refractivity contribution in [2.24, 2.45) is 10.3 Å². The van der Waals surface area contributed by atoms with Crippen LogP contribution in [0.25, 0.3) is 0 Å². The summed E-state index contributed by atoms with van der Waals surface area (Å²) in [5, 5.41) is 8.42. The van der Waals surface area contributed by atoms with Gasteiger partial charge < -0.3 is 19.1 Å². The van der Waals surface area contributed by atoms with Crippen LogP contribution in [0.3, 0.4) is 0 Å². The molecule has 12 heteroatoms. The minimum Gasteiger partial charge on any atom is -0.494 e. The number of benzene rings is 3. The fourth-order valence-electron chi connectivity index (χ4n) is 3.22. The maximum absolute atomic E-state index is 12.6. The van der Waals surface area contributed by atoms with Crippen molar-refractivity contribution in [3.05, 3.63) is 90.9 Å². The third-order valence-electron chi connectivity index (χ3n) is 5.19. The Labute approximate surface area is 238 Å². The number of carbonyl (C=O) groups excluding carboxylic acids is 2. The molecule has 0 saturated carbocycles. The van der Waals surface area contributed by atoms with Crippen molar-refractivity contribution >= 4 is 69.8 Å². The summed E-state index contributed by atoms with van der Waals surface area (Å²) in [5.41, 5.74) is 2.06. The Balaban J connectivity index is 1.72. The van der Waals surface area contributed by atoms with Crippen LogP contribution in [0.2, 0.25) is 20.1 Å². The largest absolute Gasteiger partial charge is 0.494 e. The molecule has 0 fully saturated rings. The van der Waals surface area contributed by atoms with E-state index in [0.717, 1.165) is 0 Å². The number of methoxy groups -OCH3 is 2. The zero-order chi connectivity index (χ0) is 28.0. The van der Waals surface area contributed by atoms with Crippen LogP contribution in [0.4, 0.5) is 0 Å². The monoisotopic (exact) mass is 596 g/mol. The van der Waals surface area contributed by atoms with Crippen LogP contribution in [-0.2, 0) is 9.68 Å².